The molecule has 0 unspecified atom stereocenters. The van der Waals surface area contributed by atoms with E-state index in [0.29, 0.717) is 6.04 Å². The molecule has 0 spiro atoms. The number of hydrogen-bond donors (Lipinski definition) is 2. The number of benzene rings is 1. The lowest BCUT2D eigenvalue weighted by atomic mass is 10.2. The quantitative estimate of drug-likeness (QED) is 0.679. The van der Waals surface area contributed by atoms with Gasteiger partial charge in [-0.25, -0.2) is 0 Å². The molecular formula is C15H24N2OS. The first-order valence-corrected chi connectivity index (χ1v) is 8.06. The molecule has 0 radical (unpaired) electrons. The molecule has 0 aliphatic heterocycles. The first-order valence-electron chi connectivity index (χ1n) is 7.08. The van der Waals surface area contributed by atoms with E-state index in [-0.39, 0.29) is 12.6 Å². The van der Waals surface area contributed by atoms with E-state index in [1.807, 2.05) is 17.8 Å². The lowest BCUT2D eigenvalue weighted by molar-refractivity contribution is 0.185. The van der Waals surface area contributed by atoms with Gasteiger partial charge in [-0.3, -0.25) is 4.90 Å². The van der Waals surface area contributed by atoms with Crippen molar-refractivity contribution in [1.29, 1.82) is 0 Å². The summed E-state index contributed by atoms with van der Waals surface area (Å²) in [5, 5.41) is 9.05. The highest BCUT2D eigenvalue weighted by molar-refractivity contribution is 7.99. The molecule has 1 atom stereocenters. The Morgan fingerprint density at radius 2 is 2.00 bits per heavy atom. The van der Waals surface area contributed by atoms with Gasteiger partial charge in [0.2, 0.25) is 0 Å². The lowest BCUT2D eigenvalue weighted by Crippen LogP contribution is -2.35. The molecule has 0 saturated heterocycles. The van der Waals surface area contributed by atoms with Gasteiger partial charge in [0.15, 0.2) is 0 Å². The van der Waals surface area contributed by atoms with Crippen LogP contribution >= 0.6 is 11.8 Å². The van der Waals surface area contributed by atoms with Gasteiger partial charge in [-0.1, -0.05) is 18.2 Å². The summed E-state index contributed by atoms with van der Waals surface area (Å²) < 4.78 is 0. The zero-order chi connectivity index (χ0) is 13.5. The number of aliphatic hydroxyl groups is 1. The molecule has 19 heavy (non-hydrogen) atoms. The number of thioether (sulfide) groups is 1. The predicted octanol–water partition coefficient (Wildman–Crippen LogP) is 1.95. The minimum atomic E-state index is 0.227. The van der Waals surface area contributed by atoms with Crippen LogP contribution in [0, 0.1) is 0 Å². The van der Waals surface area contributed by atoms with Crippen molar-refractivity contribution >= 4 is 11.8 Å². The van der Waals surface area contributed by atoms with Crippen molar-refractivity contribution in [3.8, 4) is 0 Å². The zero-order valence-corrected chi connectivity index (χ0v) is 12.2. The summed E-state index contributed by atoms with van der Waals surface area (Å²) in [7, 11) is 0. The summed E-state index contributed by atoms with van der Waals surface area (Å²) in [4.78, 5) is 3.67. The van der Waals surface area contributed by atoms with E-state index in [1.165, 1.54) is 17.7 Å². The Morgan fingerprint density at radius 3 is 2.63 bits per heavy atom. The van der Waals surface area contributed by atoms with Gasteiger partial charge in [0.25, 0.3) is 0 Å². The summed E-state index contributed by atoms with van der Waals surface area (Å²) in [6.45, 7) is 2.06. The summed E-state index contributed by atoms with van der Waals surface area (Å²) >= 11 is 1.82. The van der Waals surface area contributed by atoms with Gasteiger partial charge in [0, 0.05) is 35.8 Å². The predicted molar refractivity (Wildman–Crippen MR) is 81.4 cm³/mol. The number of nitrogens with two attached hydrogens (primary N) is 1. The number of hydrogen-bond acceptors (Lipinski definition) is 4. The highest BCUT2D eigenvalue weighted by Gasteiger charge is 2.28. The molecule has 1 fully saturated rings. The Bertz CT molecular complexity index is 356. The molecule has 3 N–H and O–H groups in total. The minimum Gasteiger partial charge on any atom is -0.395 e. The van der Waals surface area contributed by atoms with Gasteiger partial charge < -0.3 is 10.8 Å². The molecule has 1 aromatic rings. The van der Waals surface area contributed by atoms with Crippen LogP contribution in [0.5, 0.6) is 0 Å². The van der Waals surface area contributed by atoms with E-state index in [0.717, 1.165) is 25.3 Å². The lowest BCUT2D eigenvalue weighted by Gasteiger charge is -2.22. The summed E-state index contributed by atoms with van der Waals surface area (Å²) in [5.41, 5.74) is 6.18. The second kappa shape index (κ2) is 7.90. The fourth-order valence-corrected chi connectivity index (χ4v) is 3.10. The van der Waals surface area contributed by atoms with E-state index in [4.69, 9.17) is 10.8 Å². The average Bonchev–Trinajstić information content (AvgIpc) is 3.27. The van der Waals surface area contributed by atoms with Gasteiger partial charge in [-0.2, -0.15) is 0 Å². The Hall–Kier alpha value is -0.550. The van der Waals surface area contributed by atoms with Crippen LogP contribution in [0.4, 0.5) is 0 Å². The highest BCUT2D eigenvalue weighted by atomic mass is 32.2. The normalized spacial score (nSPS) is 16.8. The van der Waals surface area contributed by atoms with Crippen LogP contribution in [0.25, 0.3) is 0 Å². The fraction of sp³-hybridized carbons (Fsp3) is 0.600. The third-order valence-corrected chi connectivity index (χ3v) is 4.65. The van der Waals surface area contributed by atoms with Crippen molar-refractivity contribution in [2.45, 2.75) is 36.2 Å². The molecule has 2 rings (SSSR count). The average molecular weight is 280 g/mol. The maximum absolute atomic E-state index is 9.05. The first kappa shape index (κ1) is 14.9. The van der Waals surface area contributed by atoms with Crippen LogP contribution in [-0.2, 0) is 0 Å². The molecule has 0 heterocycles. The summed E-state index contributed by atoms with van der Waals surface area (Å²) in [6.07, 6.45) is 3.58. The van der Waals surface area contributed by atoms with Gasteiger partial charge in [-0.05, 0) is 31.4 Å². The molecule has 3 nitrogen and oxygen atoms in total. The third-order valence-electron chi connectivity index (χ3n) is 3.44. The van der Waals surface area contributed by atoms with Crippen LogP contribution in [0.3, 0.4) is 0 Å². The maximum Gasteiger partial charge on any atom is 0.0558 e. The Balaban J connectivity index is 1.64. The van der Waals surface area contributed by atoms with Gasteiger partial charge >= 0.3 is 0 Å². The number of aliphatic hydroxyl groups excluding tert-OH is 1. The number of rotatable bonds is 9. The van der Waals surface area contributed by atoms with E-state index in [9.17, 15) is 0 Å². The van der Waals surface area contributed by atoms with Crippen molar-refractivity contribution in [1.82, 2.24) is 4.90 Å². The SMILES string of the molecule is N[C@H](CCN(CCO)C1CC1)CSc1ccccc1. The van der Waals surface area contributed by atoms with E-state index in [2.05, 4.69) is 29.2 Å². The molecule has 106 valence electrons. The maximum atomic E-state index is 9.05. The van der Waals surface area contributed by atoms with E-state index in [1.54, 1.807) is 0 Å². The molecule has 4 heteroatoms. The molecule has 0 amide bonds. The highest BCUT2D eigenvalue weighted by Crippen LogP contribution is 2.27. The van der Waals surface area contributed by atoms with E-state index < -0.39 is 0 Å². The molecule has 0 bridgehead atoms. The Labute approximate surface area is 120 Å². The van der Waals surface area contributed by atoms with Crippen molar-refractivity contribution in [2.24, 2.45) is 5.73 Å². The van der Waals surface area contributed by atoms with Crippen LogP contribution in [-0.4, -0.2) is 47.5 Å². The fourth-order valence-electron chi connectivity index (χ4n) is 2.18. The second-order valence-corrected chi connectivity index (χ2v) is 6.26. The minimum absolute atomic E-state index is 0.227. The van der Waals surface area contributed by atoms with Crippen LogP contribution in [0.2, 0.25) is 0 Å². The molecule has 1 saturated carbocycles. The van der Waals surface area contributed by atoms with E-state index >= 15 is 0 Å². The van der Waals surface area contributed by atoms with Crippen molar-refractivity contribution in [3.63, 3.8) is 0 Å². The van der Waals surface area contributed by atoms with Crippen molar-refractivity contribution < 1.29 is 5.11 Å². The third kappa shape index (κ3) is 5.53. The van der Waals surface area contributed by atoms with Gasteiger partial charge in [0.05, 0.1) is 6.61 Å². The second-order valence-electron chi connectivity index (χ2n) is 5.16. The summed E-state index contributed by atoms with van der Waals surface area (Å²) in [5.74, 6) is 0.960. The van der Waals surface area contributed by atoms with Gasteiger partial charge in [-0.15, -0.1) is 11.8 Å². The molecule has 1 aliphatic rings. The molecule has 1 aliphatic carbocycles. The van der Waals surface area contributed by atoms with Crippen LogP contribution in [0.15, 0.2) is 35.2 Å². The monoisotopic (exact) mass is 280 g/mol. The Morgan fingerprint density at radius 1 is 1.26 bits per heavy atom. The first-order chi connectivity index (χ1) is 9.29. The largest absolute Gasteiger partial charge is 0.395 e. The van der Waals surface area contributed by atoms with Crippen LogP contribution in [0.1, 0.15) is 19.3 Å². The molecule has 1 aromatic carbocycles. The van der Waals surface area contributed by atoms with Crippen molar-refractivity contribution in [2.75, 3.05) is 25.4 Å². The number of nitrogens with zero attached hydrogens (tertiary/aromatic N) is 1. The standard InChI is InChI=1S/C15H24N2OS/c16-13(12-19-15-4-2-1-3-5-15)8-9-17(10-11-18)14-6-7-14/h1-5,13-14,18H,6-12,16H2/t13-/m1/s1. The van der Waals surface area contributed by atoms with Gasteiger partial charge in [0.1, 0.15) is 0 Å². The topological polar surface area (TPSA) is 49.5 Å². The molecular weight excluding hydrogens is 256 g/mol. The summed E-state index contributed by atoms with van der Waals surface area (Å²) in [6, 6.07) is 11.3. The molecule has 0 aromatic heterocycles. The van der Waals surface area contributed by atoms with Crippen molar-refractivity contribution in [3.05, 3.63) is 30.3 Å². The smallest absolute Gasteiger partial charge is 0.0558 e. The Kier molecular flexibility index (Phi) is 6.17. The zero-order valence-electron chi connectivity index (χ0n) is 11.4. The van der Waals surface area contributed by atoms with Crippen LogP contribution < -0.4 is 5.73 Å².